The van der Waals surface area contributed by atoms with Crippen LogP contribution in [0, 0.1) is 13.8 Å². The Bertz CT molecular complexity index is 633. The highest BCUT2D eigenvalue weighted by Crippen LogP contribution is 2.23. The molecular formula is C16H14Cl2O. The number of halogens is 2. The first kappa shape index (κ1) is 14.1. The standard InChI is InChI=1S/C16H14Cl2O/c1-10-3-4-11(2)14(7-10)16(19)8-12-5-6-13(17)9-15(12)18/h3-7,9H,8H2,1-2H3. The summed E-state index contributed by atoms with van der Waals surface area (Å²) in [6, 6.07) is 11.1. The average molecular weight is 293 g/mol. The molecule has 0 radical (unpaired) electrons. The fourth-order valence-corrected chi connectivity index (χ4v) is 2.44. The van der Waals surface area contributed by atoms with Crippen molar-refractivity contribution in [2.75, 3.05) is 0 Å². The fourth-order valence-electron chi connectivity index (χ4n) is 1.97. The maximum Gasteiger partial charge on any atom is 0.167 e. The predicted octanol–water partition coefficient (Wildman–Crippen LogP) is 5.04. The van der Waals surface area contributed by atoms with Crippen molar-refractivity contribution in [3.05, 3.63) is 68.7 Å². The lowest BCUT2D eigenvalue weighted by molar-refractivity contribution is 0.0992. The second kappa shape index (κ2) is 5.77. The largest absolute Gasteiger partial charge is 0.294 e. The number of rotatable bonds is 3. The minimum atomic E-state index is 0.0745. The van der Waals surface area contributed by atoms with Crippen LogP contribution in [0.2, 0.25) is 10.0 Å². The molecule has 0 heterocycles. The van der Waals surface area contributed by atoms with Crippen LogP contribution in [-0.2, 0) is 6.42 Å². The van der Waals surface area contributed by atoms with Gasteiger partial charge in [-0.1, -0.05) is 47.0 Å². The van der Waals surface area contributed by atoms with Crippen LogP contribution in [0.15, 0.2) is 36.4 Å². The van der Waals surface area contributed by atoms with E-state index in [4.69, 9.17) is 23.2 Å². The minimum Gasteiger partial charge on any atom is -0.294 e. The number of aryl methyl sites for hydroxylation is 2. The molecule has 0 spiro atoms. The van der Waals surface area contributed by atoms with Gasteiger partial charge in [0.1, 0.15) is 0 Å². The number of ketones is 1. The molecule has 0 atom stereocenters. The first-order valence-corrected chi connectivity index (χ1v) is 6.77. The van der Waals surface area contributed by atoms with Crippen LogP contribution in [0.3, 0.4) is 0 Å². The summed E-state index contributed by atoms with van der Waals surface area (Å²) in [6.45, 7) is 3.92. The number of carbonyl (C=O) groups is 1. The third kappa shape index (κ3) is 3.37. The van der Waals surface area contributed by atoms with E-state index in [1.807, 2.05) is 32.0 Å². The molecule has 0 aliphatic heterocycles. The van der Waals surface area contributed by atoms with Gasteiger partial charge >= 0.3 is 0 Å². The number of hydrogen-bond donors (Lipinski definition) is 0. The first-order valence-electron chi connectivity index (χ1n) is 6.02. The van der Waals surface area contributed by atoms with Crippen LogP contribution in [-0.4, -0.2) is 5.78 Å². The van der Waals surface area contributed by atoms with Crippen molar-refractivity contribution in [3.63, 3.8) is 0 Å². The van der Waals surface area contributed by atoms with Crippen LogP contribution >= 0.6 is 23.2 Å². The van der Waals surface area contributed by atoms with E-state index in [0.29, 0.717) is 16.5 Å². The van der Waals surface area contributed by atoms with Gasteiger partial charge < -0.3 is 0 Å². The Balaban J connectivity index is 2.28. The maximum atomic E-state index is 12.3. The number of benzene rings is 2. The van der Waals surface area contributed by atoms with Gasteiger partial charge in [-0.15, -0.1) is 0 Å². The van der Waals surface area contributed by atoms with Crippen molar-refractivity contribution >= 4 is 29.0 Å². The highest BCUT2D eigenvalue weighted by atomic mass is 35.5. The quantitative estimate of drug-likeness (QED) is 0.725. The molecule has 2 rings (SSSR count). The summed E-state index contributed by atoms with van der Waals surface area (Å²) in [5.74, 6) is 0.0745. The normalized spacial score (nSPS) is 10.5. The number of hydrogen-bond acceptors (Lipinski definition) is 1. The summed E-state index contributed by atoms with van der Waals surface area (Å²) >= 11 is 11.9. The molecular weight excluding hydrogens is 279 g/mol. The van der Waals surface area contributed by atoms with Gasteiger partial charge in [-0.2, -0.15) is 0 Å². The highest BCUT2D eigenvalue weighted by molar-refractivity contribution is 6.35. The number of carbonyl (C=O) groups excluding carboxylic acids is 1. The SMILES string of the molecule is Cc1ccc(C)c(C(=O)Cc2ccc(Cl)cc2Cl)c1. The van der Waals surface area contributed by atoms with Gasteiger partial charge in [-0.3, -0.25) is 4.79 Å². The van der Waals surface area contributed by atoms with Crippen LogP contribution in [0.4, 0.5) is 0 Å². The Kier molecular flexibility index (Phi) is 4.28. The second-order valence-electron chi connectivity index (χ2n) is 4.65. The lowest BCUT2D eigenvalue weighted by Gasteiger charge is -2.08. The zero-order valence-corrected chi connectivity index (χ0v) is 12.3. The van der Waals surface area contributed by atoms with Crippen LogP contribution < -0.4 is 0 Å². The fraction of sp³-hybridized carbons (Fsp3) is 0.188. The average Bonchev–Trinajstić information content (AvgIpc) is 2.35. The Morgan fingerprint density at radius 1 is 1.05 bits per heavy atom. The van der Waals surface area contributed by atoms with E-state index >= 15 is 0 Å². The molecule has 2 aromatic carbocycles. The van der Waals surface area contributed by atoms with E-state index in [0.717, 1.165) is 22.3 Å². The van der Waals surface area contributed by atoms with Crippen LogP contribution in [0.25, 0.3) is 0 Å². The van der Waals surface area contributed by atoms with E-state index in [1.54, 1.807) is 18.2 Å². The zero-order chi connectivity index (χ0) is 14.0. The summed E-state index contributed by atoms with van der Waals surface area (Å²) in [5.41, 5.74) is 3.62. The molecule has 98 valence electrons. The smallest absolute Gasteiger partial charge is 0.167 e. The Morgan fingerprint density at radius 3 is 2.47 bits per heavy atom. The van der Waals surface area contributed by atoms with Crippen LogP contribution in [0.1, 0.15) is 27.0 Å². The Morgan fingerprint density at radius 2 is 1.79 bits per heavy atom. The van der Waals surface area contributed by atoms with Crippen LogP contribution in [0.5, 0.6) is 0 Å². The molecule has 19 heavy (non-hydrogen) atoms. The summed E-state index contributed by atoms with van der Waals surface area (Å²) in [7, 11) is 0. The van der Waals surface area contributed by atoms with E-state index in [-0.39, 0.29) is 5.78 Å². The van der Waals surface area contributed by atoms with Gasteiger partial charge in [-0.05, 0) is 43.2 Å². The summed E-state index contributed by atoms with van der Waals surface area (Å²) in [4.78, 5) is 12.3. The van der Waals surface area contributed by atoms with E-state index < -0.39 is 0 Å². The molecule has 0 aliphatic carbocycles. The van der Waals surface area contributed by atoms with Gasteiger partial charge in [-0.25, -0.2) is 0 Å². The lowest BCUT2D eigenvalue weighted by Crippen LogP contribution is -2.06. The molecule has 0 aromatic heterocycles. The molecule has 1 nitrogen and oxygen atoms in total. The van der Waals surface area contributed by atoms with E-state index in [1.165, 1.54) is 0 Å². The molecule has 3 heteroatoms. The van der Waals surface area contributed by atoms with Gasteiger partial charge in [0.05, 0.1) is 0 Å². The molecule has 0 saturated heterocycles. The van der Waals surface area contributed by atoms with Gasteiger partial charge in [0.25, 0.3) is 0 Å². The van der Waals surface area contributed by atoms with Crippen molar-refractivity contribution in [2.24, 2.45) is 0 Å². The second-order valence-corrected chi connectivity index (χ2v) is 5.50. The van der Waals surface area contributed by atoms with Crippen molar-refractivity contribution in [2.45, 2.75) is 20.3 Å². The van der Waals surface area contributed by atoms with Crippen molar-refractivity contribution < 1.29 is 4.79 Å². The molecule has 0 amide bonds. The minimum absolute atomic E-state index is 0.0745. The molecule has 0 unspecified atom stereocenters. The van der Waals surface area contributed by atoms with Crippen molar-refractivity contribution in [3.8, 4) is 0 Å². The molecule has 0 bridgehead atoms. The van der Waals surface area contributed by atoms with E-state index in [2.05, 4.69) is 0 Å². The molecule has 0 aliphatic rings. The highest BCUT2D eigenvalue weighted by Gasteiger charge is 2.12. The van der Waals surface area contributed by atoms with Gasteiger partial charge in [0.15, 0.2) is 5.78 Å². The van der Waals surface area contributed by atoms with Crippen molar-refractivity contribution in [1.29, 1.82) is 0 Å². The van der Waals surface area contributed by atoms with Gasteiger partial charge in [0, 0.05) is 22.0 Å². The van der Waals surface area contributed by atoms with Gasteiger partial charge in [0.2, 0.25) is 0 Å². The maximum absolute atomic E-state index is 12.3. The topological polar surface area (TPSA) is 17.1 Å². The predicted molar refractivity (Wildman–Crippen MR) is 80.4 cm³/mol. The Hall–Kier alpha value is -1.31. The zero-order valence-electron chi connectivity index (χ0n) is 10.8. The number of Topliss-reactive ketones (excluding diaryl/α,β-unsaturated/α-hetero) is 1. The summed E-state index contributed by atoms with van der Waals surface area (Å²) in [5, 5.41) is 1.11. The molecule has 2 aromatic rings. The van der Waals surface area contributed by atoms with Crippen molar-refractivity contribution in [1.82, 2.24) is 0 Å². The molecule has 0 fully saturated rings. The summed E-state index contributed by atoms with van der Waals surface area (Å²) in [6.07, 6.45) is 0.292. The molecule has 0 saturated carbocycles. The monoisotopic (exact) mass is 292 g/mol. The summed E-state index contributed by atoms with van der Waals surface area (Å²) < 4.78 is 0. The van der Waals surface area contributed by atoms with E-state index in [9.17, 15) is 4.79 Å². The molecule has 0 N–H and O–H groups in total. The lowest BCUT2D eigenvalue weighted by atomic mass is 9.97. The Labute approximate surface area is 123 Å². The third-order valence-electron chi connectivity index (χ3n) is 3.06. The third-order valence-corrected chi connectivity index (χ3v) is 3.65. The first-order chi connectivity index (χ1) is 8.97.